The number of hydrogen-bond acceptors (Lipinski definition) is 4. The van der Waals surface area contributed by atoms with Gasteiger partial charge in [-0.05, 0) is 55.1 Å². The van der Waals surface area contributed by atoms with Crippen LogP contribution in [0.4, 0.5) is 0 Å². The third-order valence-electron chi connectivity index (χ3n) is 4.00. The first-order chi connectivity index (χ1) is 12.1. The molecule has 2 atom stereocenters. The van der Waals surface area contributed by atoms with E-state index in [2.05, 4.69) is 30.6 Å². The lowest BCUT2D eigenvalue weighted by Gasteiger charge is -2.28. The molecule has 138 valence electrons. The molecule has 1 unspecified atom stereocenters. The summed E-state index contributed by atoms with van der Waals surface area (Å²) in [6, 6.07) is 6.53. The molecule has 1 heterocycles. The molecule has 4 heteroatoms. The molecule has 0 fully saturated rings. The van der Waals surface area contributed by atoms with Crippen LogP contribution in [0.5, 0.6) is 5.75 Å². The molecule has 0 saturated carbocycles. The highest BCUT2D eigenvalue weighted by Crippen LogP contribution is 2.31. The maximum Gasteiger partial charge on any atom is 0.119 e. The quantitative estimate of drug-likeness (QED) is 0.586. The molecule has 1 aliphatic heterocycles. The summed E-state index contributed by atoms with van der Waals surface area (Å²) in [5.41, 5.74) is 3.76. The van der Waals surface area contributed by atoms with Crippen LogP contribution in [-0.2, 0) is 11.2 Å². The standard InChI is InChI=1S/C19H27NO3.C2H4/c1-14(21)11-15(5-4-10-22-2)12-19-18-7-6-17(23-3)13-16(18)8-9-20-19;1-2/h4-7,11,13-14,19-21H,8-10,12H2,1-3H3;1-2H2/b5-4-,15-11+;/t14?,19-;/m1./s1. The van der Waals surface area contributed by atoms with E-state index in [0.717, 1.165) is 30.7 Å². The molecule has 0 bridgehead atoms. The first-order valence-electron chi connectivity index (χ1n) is 8.58. The second-order valence-corrected chi connectivity index (χ2v) is 5.87. The lowest BCUT2D eigenvalue weighted by molar-refractivity contribution is 0.233. The molecule has 1 aromatic carbocycles. The van der Waals surface area contributed by atoms with Crippen LogP contribution in [0.3, 0.4) is 0 Å². The summed E-state index contributed by atoms with van der Waals surface area (Å²) in [7, 11) is 3.37. The Labute approximate surface area is 151 Å². The Morgan fingerprint density at radius 3 is 2.80 bits per heavy atom. The molecule has 0 aliphatic carbocycles. The zero-order chi connectivity index (χ0) is 18.7. The van der Waals surface area contributed by atoms with Crippen molar-refractivity contribution in [2.24, 2.45) is 0 Å². The predicted octanol–water partition coefficient (Wildman–Crippen LogP) is 3.58. The Balaban J connectivity index is 0.00000151. The summed E-state index contributed by atoms with van der Waals surface area (Å²) in [6.07, 6.45) is 7.30. The smallest absolute Gasteiger partial charge is 0.119 e. The molecular formula is C21H31NO3. The van der Waals surface area contributed by atoms with Gasteiger partial charge in [0.15, 0.2) is 0 Å². The van der Waals surface area contributed by atoms with Crippen molar-refractivity contribution in [3.05, 3.63) is 66.3 Å². The van der Waals surface area contributed by atoms with Crippen LogP contribution in [0.15, 0.2) is 55.2 Å². The Morgan fingerprint density at radius 1 is 1.40 bits per heavy atom. The Morgan fingerprint density at radius 2 is 2.16 bits per heavy atom. The minimum Gasteiger partial charge on any atom is -0.497 e. The van der Waals surface area contributed by atoms with Crippen LogP contribution in [0.2, 0.25) is 0 Å². The second-order valence-electron chi connectivity index (χ2n) is 5.87. The highest BCUT2D eigenvalue weighted by Gasteiger charge is 2.20. The molecule has 2 rings (SSSR count). The largest absolute Gasteiger partial charge is 0.497 e. The number of fused-ring (bicyclic) bond motifs is 1. The third kappa shape index (κ3) is 6.86. The molecular weight excluding hydrogens is 314 g/mol. The Bertz CT molecular complexity index is 579. The number of allylic oxidation sites excluding steroid dienone is 1. The monoisotopic (exact) mass is 345 g/mol. The summed E-state index contributed by atoms with van der Waals surface area (Å²) in [5.74, 6) is 0.907. The molecule has 1 aliphatic rings. The van der Waals surface area contributed by atoms with Crippen molar-refractivity contribution < 1.29 is 14.6 Å². The first-order valence-corrected chi connectivity index (χ1v) is 8.58. The summed E-state index contributed by atoms with van der Waals surface area (Å²) in [4.78, 5) is 0. The van der Waals surface area contributed by atoms with Crippen molar-refractivity contribution in [1.29, 1.82) is 0 Å². The predicted molar refractivity (Wildman–Crippen MR) is 104 cm³/mol. The topological polar surface area (TPSA) is 50.7 Å². The second kappa shape index (κ2) is 11.6. The van der Waals surface area contributed by atoms with Crippen molar-refractivity contribution >= 4 is 0 Å². The molecule has 0 saturated heterocycles. The van der Waals surface area contributed by atoms with Crippen LogP contribution in [0.1, 0.15) is 30.5 Å². The summed E-state index contributed by atoms with van der Waals surface area (Å²) in [5, 5.41) is 13.3. The summed E-state index contributed by atoms with van der Waals surface area (Å²) >= 11 is 0. The van der Waals surface area contributed by atoms with E-state index in [1.807, 2.05) is 24.3 Å². The van der Waals surface area contributed by atoms with Crippen LogP contribution in [-0.4, -0.2) is 38.6 Å². The van der Waals surface area contributed by atoms with Crippen molar-refractivity contribution in [1.82, 2.24) is 5.32 Å². The molecule has 0 aromatic heterocycles. The number of methoxy groups -OCH3 is 2. The van der Waals surface area contributed by atoms with Crippen LogP contribution < -0.4 is 10.1 Å². The number of aliphatic hydroxyl groups is 1. The highest BCUT2D eigenvalue weighted by molar-refractivity contribution is 5.40. The zero-order valence-electron chi connectivity index (χ0n) is 15.6. The van der Waals surface area contributed by atoms with Gasteiger partial charge in [0, 0.05) is 13.2 Å². The van der Waals surface area contributed by atoms with Gasteiger partial charge in [-0.25, -0.2) is 0 Å². The normalized spacial score (nSPS) is 18.2. The number of benzene rings is 1. The van der Waals surface area contributed by atoms with E-state index in [-0.39, 0.29) is 6.04 Å². The van der Waals surface area contributed by atoms with Gasteiger partial charge in [-0.1, -0.05) is 24.3 Å². The maximum absolute atomic E-state index is 9.69. The van der Waals surface area contributed by atoms with E-state index in [1.54, 1.807) is 21.1 Å². The van der Waals surface area contributed by atoms with Gasteiger partial charge in [0.05, 0.1) is 19.8 Å². The molecule has 25 heavy (non-hydrogen) atoms. The number of rotatable bonds is 7. The highest BCUT2D eigenvalue weighted by atomic mass is 16.5. The van der Waals surface area contributed by atoms with E-state index in [0.29, 0.717) is 6.61 Å². The molecule has 1 aromatic rings. The Kier molecular flexibility index (Phi) is 9.85. The van der Waals surface area contributed by atoms with Gasteiger partial charge in [0.2, 0.25) is 0 Å². The number of hydrogen-bond donors (Lipinski definition) is 2. The van der Waals surface area contributed by atoms with Crippen LogP contribution in [0, 0.1) is 0 Å². The first kappa shape index (κ1) is 21.2. The van der Waals surface area contributed by atoms with Crippen molar-refractivity contribution in [3.8, 4) is 5.75 Å². The van der Waals surface area contributed by atoms with E-state index >= 15 is 0 Å². The average Bonchev–Trinajstić information content (AvgIpc) is 2.62. The minimum absolute atomic E-state index is 0.252. The van der Waals surface area contributed by atoms with E-state index < -0.39 is 6.10 Å². The van der Waals surface area contributed by atoms with Gasteiger partial charge >= 0.3 is 0 Å². The number of nitrogens with one attached hydrogen (secondary N) is 1. The maximum atomic E-state index is 9.69. The van der Waals surface area contributed by atoms with Crippen molar-refractivity contribution in [3.63, 3.8) is 0 Å². The fourth-order valence-electron chi connectivity index (χ4n) is 2.97. The van der Waals surface area contributed by atoms with Gasteiger partial charge in [-0.15, -0.1) is 13.2 Å². The van der Waals surface area contributed by atoms with Gasteiger partial charge in [0.1, 0.15) is 5.75 Å². The fraction of sp³-hybridized carbons (Fsp3) is 0.429. The van der Waals surface area contributed by atoms with E-state index in [4.69, 9.17) is 9.47 Å². The van der Waals surface area contributed by atoms with Crippen molar-refractivity contribution in [2.75, 3.05) is 27.4 Å². The van der Waals surface area contributed by atoms with Gasteiger partial charge in [0.25, 0.3) is 0 Å². The molecule has 0 radical (unpaired) electrons. The summed E-state index contributed by atoms with van der Waals surface area (Å²) in [6.45, 7) is 9.30. The Hall–Kier alpha value is -1.88. The van der Waals surface area contributed by atoms with Gasteiger partial charge < -0.3 is 19.9 Å². The van der Waals surface area contributed by atoms with Crippen molar-refractivity contribution in [2.45, 2.75) is 31.9 Å². The molecule has 0 spiro atoms. The minimum atomic E-state index is -0.462. The average molecular weight is 345 g/mol. The third-order valence-corrected chi connectivity index (χ3v) is 4.00. The lowest BCUT2D eigenvalue weighted by atomic mass is 9.89. The lowest BCUT2D eigenvalue weighted by Crippen LogP contribution is -2.30. The van der Waals surface area contributed by atoms with Crippen LogP contribution >= 0.6 is 0 Å². The van der Waals surface area contributed by atoms with Gasteiger partial charge in [-0.3, -0.25) is 0 Å². The zero-order valence-corrected chi connectivity index (χ0v) is 15.6. The van der Waals surface area contributed by atoms with Gasteiger partial charge in [-0.2, -0.15) is 0 Å². The van der Waals surface area contributed by atoms with E-state index in [1.165, 1.54) is 11.1 Å². The summed E-state index contributed by atoms with van der Waals surface area (Å²) < 4.78 is 10.4. The fourth-order valence-corrected chi connectivity index (χ4v) is 2.97. The number of aliphatic hydroxyl groups excluding tert-OH is 1. The number of ether oxygens (including phenoxy) is 2. The SMILES string of the molecule is C=C.COC/C=C\C(=C/C(C)O)C[C@H]1NCCc2cc(OC)ccc21. The molecule has 4 nitrogen and oxygen atoms in total. The molecule has 2 N–H and O–H groups in total. The molecule has 0 amide bonds. The van der Waals surface area contributed by atoms with E-state index in [9.17, 15) is 5.11 Å². The van der Waals surface area contributed by atoms with Crippen LogP contribution in [0.25, 0.3) is 0 Å².